The van der Waals surface area contributed by atoms with Gasteiger partial charge in [-0.15, -0.1) is 0 Å². The molecule has 0 bridgehead atoms. The third-order valence-electron chi connectivity index (χ3n) is 3.75. The molecule has 27 heavy (non-hydrogen) atoms. The number of halogens is 1. The van der Waals surface area contributed by atoms with Gasteiger partial charge in [0.2, 0.25) is 5.91 Å². The van der Waals surface area contributed by atoms with Crippen LogP contribution in [0.4, 0.5) is 0 Å². The summed E-state index contributed by atoms with van der Waals surface area (Å²) in [6.45, 7) is 0.467. The first kappa shape index (κ1) is 19.2. The van der Waals surface area contributed by atoms with Crippen molar-refractivity contribution >= 4 is 29.3 Å². The Morgan fingerprint density at radius 3 is 2.56 bits per heavy atom. The molecular weight excluding hydrogens is 382 g/mol. The number of benzene rings is 2. The number of aromatic nitrogens is 2. The lowest BCUT2D eigenvalue weighted by molar-refractivity contribution is -0.118. The van der Waals surface area contributed by atoms with Gasteiger partial charge in [0, 0.05) is 23.3 Å². The van der Waals surface area contributed by atoms with Gasteiger partial charge < -0.3 is 10.1 Å². The van der Waals surface area contributed by atoms with Gasteiger partial charge in [-0.2, -0.15) is 0 Å². The monoisotopic (exact) mass is 399 g/mol. The lowest BCUT2D eigenvalue weighted by Gasteiger charge is -2.07. The van der Waals surface area contributed by atoms with Crippen molar-refractivity contribution < 1.29 is 9.53 Å². The van der Waals surface area contributed by atoms with Gasteiger partial charge in [0.05, 0.1) is 18.6 Å². The fourth-order valence-corrected chi connectivity index (χ4v) is 3.10. The molecule has 0 saturated carbocycles. The Morgan fingerprint density at radius 2 is 1.85 bits per heavy atom. The number of rotatable bonds is 7. The van der Waals surface area contributed by atoms with Crippen molar-refractivity contribution in [3.63, 3.8) is 0 Å². The summed E-state index contributed by atoms with van der Waals surface area (Å²) in [6, 6.07) is 16.9. The fraction of sp³-hybridized carbons (Fsp3) is 0.150. The van der Waals surface area contributed by atoms with E-state index in [4.69, 9.17) is 16.3 Å². The number of hydrogen-bond donors (Lipinski definition) is 1. The van der Waals surface area contributed by atoms with Gasteiger partial charge in [0.25, 0.3) is 0 Å². The average Bonchev–Trinajstić information content (AvgIpc) is 2.72. The number of ether oxygens (including phenoxy) is 1. The van der Waals surface area contributed by atoms with E-state index >= 15 is 0 Å². The second-order valence-corrected chi connectivity index (χ2v) is 7.02. The third-order valence-corrected chi connectivity index (χ3v) is 4.87. The van der Waals surface area contributed by atoms with Crippen LogP contribution in [0.25, 0.3) is 11.3 Å². The Bertz CT molecular complexity index is 902. The van der Waals surface area contributed by atoms with E-state index in [-0.39, 0.29) is 11.7 Å². The molecule has 3 rings (SSSR count). The number of methoxy groups -OCH3 is 1. The smallest absolute Gasteiger partial charge is 0.230 e. The van der Waals surface area contributed by atoms with E-state index in [0.29, 0.717) is 16.7 Å². The summed E-state index contributed by atoms with van der Waals surface area (Å²) in [6.07, 6.45) is 1.69. The number of amides is 1. The summed E-state index contributed by atoms with van der Waals surface area (Å²) in [5, 5.41) is 4.12. The molecule has 5 nitrogen and oxygen atoms in total. The van der Waals surface area contributed by atoms with Gasteiger partial charge >= 0.3 is 0 Å². The van der Waals surface area contributed by atoms with Crippen molar-refractivity contribution in [1.29, 1.82) is 0 Å². The number of hydrogen-bond acceptors (Lipinski definition) is 5. The first-order valence-electron chi connectivity index (χ1n) is 8.25. The molecule has 0 saturated heterocycles. The lowest BCUT2D eigenvalue weighted by Crippen LogP contribution is -2.24. The molecule has 0 fully saturated rings. The molecule has 0 spiro atoms. The van der Waals surface area contributed by atoms with Gasteiger partial charge in [0.15, 0.2) is 5.16 Å². The van der Waals surface area contributed by atoms with E-state index in [2.05, 4.69) is 15.3 Å². The number of nitrogens with zero attached hydrogens (tertiary/aromatic N) is 2. The molecular formula is C20H18ClN3O2S. The average molecular weight is 400 g/mol. The molecule has 1 heterocycles. The van der Waals surface area contributed by atoms with Crippen molar-refractivity contribution in [2.45, 2.75) is 11.7 Å². The first-order valence-corrected chi connectivity index (χ1v) is 9.62. The molecule has 1 amide bonds. The first-order chi connectivity index (χ1) is 13.1. The summed E-state index contributed by atoms with van der Waals surface area (Å²) in [4.78, 5) is 20.8. The third kappa shape index (κ3) is 5.70. The van der Waals surface area contributed by atoms with Crippen LogP contribution in [0.2, 0.25) is 5.02 Å². The molecule has 1 aromatic heterocycles. The lowest BCUT2D eigenvalue weighted by atomic mass is 10.1. The van der Waals surface area contributed by atoms with Gasteiger partial charge in [-0.1, -0.05) is 47.6 Å². The predicted octanol–water partition coefficient (Wildman–Crippen LogP) is 4.21. The van der Waals surface area contributed by atoms with E-state index in [1.807, 2.05) is 54.6 Å². The number of nitrogens with one attached hydrogen (secondary N) is 1. The summed E-state index contributed by atoms with van der Waals surface area (Å²) in [5.41, 5.74) is 2.76. The van der Waals surface area contributed by atoms with Gasteiger partial charge in [-0.25, -0.2) is 9.97 Å². The zero-order valence-corrected chi connectivity index (χ0v) is 16.3. The quantitative estimate of drug-likeness (QED) is 0.476. The fourth-order valence-electron chi connectivity index (χ4n) is 2.32. The van der Waals surface area contributed by atoms with Crippen molar-refractivity contribution in [2.24, 2.45) is 0 Å². The van der Waals surface area contributed by atoms with E-state index < -0.39 is 0 Å². The predicted molar refractivity (Wildman–Crippen MR) is 108 cm³/mol. The Balaban J connectivity index is 1.52. The van der Waals surface area contributed by atoms with Crippen molar-refractivity contribution in [3.05, 3.63) is 71.4 Å². The Kier molecular flexibility index (Phi) is 6.68. The summed E-state index contributed by atoms with van der Waals surface area (Å²) in [5.74, 6) is 0.968. The van der Waals surface area contributed by atoms with Gasteiger partial charge in [-0.05, 0) is 35.9 Å². The molecule has 0 radical (unpaired) electrons. The summed E-state index contributed by atoms with van der Waals surface area (Å²) in [7, 11) is 1.62. The molecule has 138 valence electrons. The van der Waals surface area contributed by atoms with Gasteiger partial charge in [-0.3, -0.25) is 4.79 Å². The van der Waals surface area contributed by atoms with E-state index in [1.165, 1.54) is 11.8 Å². The second kappa shape index (κ2) is 9.39. The highest BCUT2D eigenvalue weighted by Gasteiger charge is 2.07. The van der Waals surface area contributed by atoms with Crippen molar-refractivity contribution in [2.75, 3.05) is 12.9 Å². The van der Waals surface area contributed by atoms with Crippen molar-refractivity contribution in [3.8, 4) is 17.0 Å². The highest BCUT2D eigenvalue weighted by atomic mass is 35.5. The van der Waals surface area contributed by atoms with E-state index in [0.717, 1.165) is 22.6 Å². The molecule has 0 aliphatic rings. The normalized spacial score (nSPS) is 10.4. The highest BCUT2D eigenvalue weighted by Crippen LogP contribution is 2.21. The number of carbonyl (C=O) groups excluding carboxylic acids is 1. The topological polar surface area (TPSA) is 64.1 Å². The number of carbonyl (C=O) groups is 1. The molecule has 7 heteroatoms. The number of thioether (sulfide) groups is 1. The molecule has 2 aromatic carbocycles. The van der Waals surface area contributed by atoms with Crippen LogP contribution in [-0.4, -0.2) is 28.7 Å². The largest absolute Gasteiger partial charge is 0.497 e. The molecule has 1 N–H and O–H groups in total. The Labute approximate surface area is 167 Å². The van der Waals surface area contributed by atoms with Crippen LogP contribution in [0.1, 0.15) is 5.56 Å². The van der Waals surface area contributed by atoms with E-state index in [1.54, 1.807) is 13.3 Å². The molecule has 0 aliphatic carbocycles. The Hall–Kier alpha value is -2.57. The van der Waals surface area contributed by atoms with Crippen molar-refractivity contribution in [1.82, 2.24) is 15.3 Å². The molecule has 3 aromatic rings. The molecule has 0 unspecified atom stereocenters. The van der Waals surface area contributed by atoms with Crippen LogP contribution >= 0.6 is 23.4 Å². The standard InChI is InChI=1S/C20H18ClN3O2S/c1-26-17-8-2-14(3-9-17)12-23-19(25)13-27-20-22-11-10-18(24-20)15-4-6-16(21)7-5-15/h2-11H,12-13H2,1H3,(H,23,25). The van der Waals surface area contributed by atoms with Crippen LogP contribution in [0, 0.1) is 0 Å². The van der Waals surface area contributed by atoms with Gasteiger partial charge in [0.1, 0.15) is 5.75 Å². The zero-order chi connectivity index (χ0) is 19.1. The Morgan fingerprint density at radius 1 is 1.11 bits per heavy atom. The molecule has 0 atom stereocenters. The summed E-state index contributed by atoms with van der Waals surface area (Å²) < 4.78 is 5.12. The highest BCUT2D eigenvalue weighted by molar-refractivity contribution is 7.99. The minimum Gasteiger partial charge on any atom is -0.497 e. The maximum atomic E-state index is 12.1. The minimum absolute atomic E-state index is 0.0729. The van der Waals surface area contributed by atoms with Crippen LogP contribution in [-0.2, 0) is 11.3 Å². The maximum absolute atomic E-state index is 12.1. The van der Waals surface area contributed by atoms with Crippen LogP contribution in [0.15, 0.2) is 66.0 Å². The summed E-state index contributed by atoms with van der Waals surface area (Å²) >= 11 is 7.22. The van der Waals surface area contributed by atoms with E-state index in [9.17, 15) is 4.79 Å². The minimum atomic E-state index is -0.0729. The van der Waals surface area contributed by atoms with Crippen LogP contribution in [0.3, 0.4) is 0 Å². The second-order valence-electron chi connectivity index (χ2n) is 5.64. The molecule has 0 aliphatic heterocycles. The maximum Gasteiger partial charge on any atom is 0.230 e. The zero-order valence-electron chi connectivity index (χ0n) is 14.7. The SMILES string of the molecule is COc1ccc(CNC(=O)CSc2nccc(-c3ccc(Cl)cc3)n2)cc1. The van der Waals surface area contributed by atoms with Crippen LogP contribution in [0.5, 0.6) is 5.75 Å². The van der Waals surface area contributed by atoms with Crippen LogP contribution < -0.4 is 10.1 Å².